The van der Waals surface area contributed by atoms with Gasteiger partial charge in [-0.2, -0.15) is 9.61 Å². The summed E-state index contributed by atoms with van der Waals surface area (Å²) in [5.41, 5.74) is 6.32. The fraction of sp³-hybridized carbons (Fsp3) is 0.385. The molecule has 4 N–H and O–H groups in total. The average Bonchev–Trinajstić information content (AvgIpc) is 2.93. The number of rotatable bonds is 5. The number of anilines is 1. The van der Waals surface area contributed by atoms with Crippen LogP contribution in [-0.4, -0.2) is 39.0 Å². The van der Waals surface area contributed by atoms with E-state index < -0.39 is 6.04 Å². The maximum absolute atomic E-state index is 11.8. The van der Waals surface area contributed by atoms with Crippen molar-refractivity contribution in [1.29, 1.82) is 0 Å². The lowest BCUT2D eigenvalue weighted by Gasteiger charge is -2.15. The van der Waals surface area contributed by atoms with Gasteiger partial charge in [0.2, 0.25) is 11.8 Å². The van der Waals surface area contributed by atoms with Gasteiger partial charge in [-0.05, 0) is 12.0 Å². The molecule has 21 heavy (non-hydrogen) atoms. The highest BCUT2D eigenvalue weighted by atomic mass is 16.2. The monoisotopic (exact) mass is 290 g/mol. The molecular weight excluding hydrogens is 272 g/mol. The third-order valence-electron chi connectivity index (χ3n) is 3.00. The molecule has 8 heteroatoms. The van der Waals surface area contributed by atoms with Gasteiger partial charge in [0.05, 0.1) is 18.8 Å². The largest absolute Gasteiger partial charge is 0.346 e. The number of nitrogens with zero attached hydrogens (tertiary/aromatic N) is 3. The van der Waals surface area contributed by atoms with Gasteiger partial charge in [-0.15, -0.1) is 0 Å². The summed E-state index contributed by atoms with van der Waals surface area (Å²) in [4.78, 5) is 27.6. The highest BCUT2D eigenvalue weighted by molar-refractivity contribution is 5.94. The second-order valence-electron chi connectivity index (χ2n) is 4.97. The molecule has 1 atom stereocenters. The zero-order chi connectivity index (χ0) is 15.4. The van der Waals surface area contributed by atoms with Gasteiger partial charge in [-0.1, -0.05) is 13.8 Å². The summed E-state index contributed by atoms with van der Waals surface area (Å²) >= 11 is 0. The molecule has 2 rings (SSSR count). The quantitative estimate of drug-likeness (QED) is 0.703. The van der Waals surface area contributed by atoms with Crippen molar-refractivity contribution in [2.45, 2.75) is 19.9 Å². The van der Waals surface area contributed by atoms with Gasteiger partial charge in [-0.25, -0.2) is 4.98 Å². The lowest BCUT2D eigenvalue weighted by Crippen LogP contribution is -2.46. The fourth-order valence-corrected chi connectivity index (χ4v) is 1.70. The molecule has 0 aliphatic rings. The predicted octanol–water partition coefficient (Wildman–Crippen LogP) is -0.233. The van der Waals surface area contributed by atoms with E-state index >= 15 is 0 Å². The number of fused-ring (bicyclic) bond motifs is 1. The summed E-state index contributed by atoms with van der Waals surface area (Å²) in [6, 6.07) is 2.72. The molecule has 0 aliphatic carbocycles. The van der Waals surface area contributed by atoms with Crippen molar-refractivity contribution < 1.29 is 9.59 Å². The van der Waals surface area contributed by atoms with Crippen molar-refractivity contribution in [3.63, 3.8) is 0 Å². The number of hydrogen-bond donors (Lipinski definition) is 3. The van der Waals surface area contributed by atoms with E-state index in [1.165, 1.54) is 4.52 Å². The molecule has 0 spiro atoms. The molecule has 8 nitrogen and oxygen atoms in total. The van der Waals surface area contributed by atoms with Crippen LogP contribution in [0.3, 0.4) is 0 Å². The van der Waals surface area contributed by atoms with Crippen LogP contribution >= 0.6 is 0 Å². The summed E-state index contributed by atoms with van der Waals surface area (Å²) in [7, 11) is 0. The first kappa shape index (κ1) is 14.9. The topological polar surface area (TPSA) is 114 Å². The van der Waals surface area contributed by atoms with E-state index in [0.717, 1.165) is 0 Å². The van der Waals surface area contributed by atoms with Crippen LogP contribution in [0.1, 0.15) is 13.8 Å². The van der Waals surface area contributed by atoms with Crippen LogP contribution in [0.25, 0.3) is 5.65 Å². The number of carbonyl (C=O) groups is 2. The Balaban J connectivity index is 1.93. The number of carbonyl (C=O) groups excluding carboxylic acids is 2. The molecule has 112 valence electrons. The van der Waals surface area contributed by atoms with Crippen molar-refractivity contribution in [2.75, 3.05) is 11.9 Å². The third-order valence-corrected chi connectivity index (χ3v) is 3.00. The Kier molecular flexibility index (Phi) is 4.49. The third kappa shape index (κ3) is 3.54. The van der Waals surface area contributed by atoms with E-state index in [9.17, 15) is 9.59 Å². The van der Waals surface area contributed by atoms with E-state index in [1.54, 1.807) is 24.5 Å². The Morgan fingerprint density at radius 2 is 2.10 bits per heavy atom. The van der Waals surface area contributed by atoms with E-state index in [-0.39, 0.29) is 24.3 Å². The molecule has 0 saturated carbocycles. The smallest absolute Gasteiger partial charge is 0.244 e. The number of nitrogens with two attached hydrogens (primary N) is 1. The molecular formula is C13H18N6O2. The highest BCUT2D eigenvalue weighted by Crippen LogP contribution is 2.07. The number of hydrogen-bond acceptors (Lipinski definition) is 5. The van der Waals surface area contributed by atoms with E-state index in [0.29, 0.717) is 11.5 Å². The van der Waals surface area contributed by atoms with Crippen LogP contribution in [0.4, 0.5) is 5.82 Å². The zero-order valence-corrected chi connectivity index (χ0v) is 11.9. The van der Waals surface area contributed by atoms with Gasteiger partial charge in [0.15, 0.2) is 5.65 Å². The Bertz CT molecular complexity index is 651. The van der Waals surface area contributed by atoms with E-state index in [2.05, 4.69) is 20.7 Å². The van der Waals surface area contributed by atoms with Gasteiger partial charge in [0.25, 0.3) is 0 Å². The van der Waals surface area contributed by atoms with Crippen LogP contribution in [0.5, 0.6) is 0 Å². The molecule has 2 heterocycles. The maximum atomic E-state index is 11.8. The summed E-state index contributed by atoms with van der Waals surface area (Å²) in [6.07, 6.45) is 3.15. The van der Waals surface area contributed by atoms with Crippen LogP contribution in [0.2, 0.25) is 0 Å². The molecule has 0 radical (unpaired) electrons. The minimum Gasteiger partial charge on any atom is -0.346 e. The summed E-state index contributed by atoms with van der Waals surface area (Å²) < 4.78 is 1.50. The first-order valence-electron chi connectivity index (χ1n) is 6.61. The van der Waals surface area contributed by atoms with E-state index in [1.807, 2.05) is 13.8 Å². The Morgan fingerprint density at radius 3 is 2.81 bits per heavy atom. The lowest BCUT2D eigenvalue weighted by atomic mass is 10.1. The van der Waals surface area contributed by atoms with Crippen molar-refractivity contribution in [1.82, 2.24) is 19.9 Å². The number of aromatic nitrogens is 3. The lowest BCUT2D eigenvalue weighted by molar-refractivity contribution is -0.125. The van der Waals surface area contributed by atoms with Crippen LogP contribution in [0, 0.1) is 5.92 Å². The zero-order valence-electron chi connectivity index (χ0n) is 11.9. The first-order valence-corrected chi connectivity index (χ1v) is 6.61. The van der Waals surface area contributed by atoms with Crippen LogP contribution in [0.15, 0.2) is 24.5 Å². The molecule has 0 fully saturated rings. The average molecular weight is 290 g/mol. The van der Waals surface area contributed by atoms with Crippen LogP contribution < -0.4 is 16.4 Å². The summed E-state index contributed by atoms with van der Waals surface area (Å²) in [5, 5.41) is 9.22. The molecule has 2 aromatic rings. The molecule has 2 aromatic heterocycles. The van der Waals surface area contributed by atoms with Gasteiger partial charge in [0.1, 0.15) is 5.82 Å². The van der Waals surface area contributed by atoms with Gasteiger partial charge < -0.3 is 16.4 Å². The predicted molar refractivity (Wildman–Crippen MR) is 77.4 cm³/mol. The maximum Gasteiger partial charge on any atom is 0.244 e. The van der Waals surface area contributed by atoms with Crippen molar-refractivity contribution in [3.8, 4) is 0 Å². The summed E-state index contributed by atoms with van der Waals surface area (Å²) in [5.74, 6) is -0.212. The van der Waals surface area contributed by atoms with Crippen molar-refractivity contribution in [3.05, 3.63) is 24.5 Å². The SMILES string of the molecule is CC(C)[C@H](N)C(=O)NCC(=O)Nc1ccnc2ccnn12. The molecule has 0 aliphatic heterocycles. The Hall–Kier alpha value is -2.48. The van der Waals surface area contributed by atoms with Gasteiger partial charge in [-0.3, -0.25) is 9.59 Å². The highest BCUT2D eigenvalue weighted by Gasteiger charge is 2.17. The molecule has 2 amide bonds. The second kappa shape index (κ2) is 6.31. The molecule has 0 bridgehead atoms. The van der Waals surface area contributed by atoms with E-state index in [4.69, 9.17) is 5.73 Å². The second-order valence-corrected chi connectivity index (χ2v) is 4.97. The minimum atomic E-state index is -0.628. The van der Waals surface area contributed by atoms with Crippen molar-refractivity contribution in [2.24, 2.45) is 11.7 Å². The minimum absolute atomic E-state index is 0.0111. The Morgan fingerprint density at radius 1 is 1.33 bits per heavy atom. The normalized spacial score (nSPS) is 12.4. The van der Waals surface area contributed by atoms with Crippen molar-refractivity contribution >= 4 is 23.3 Å². The standard InChI is InChI=1S/C13H18N6O2/c1-8(2)12(14)13(21)16-7-11(20)18-10-3-5-15-9-4-6-17-19(9)10/h3-6,8,12H,7,14H2,1-2H3,(H,16,21)(H,18,20)/t12-/m0/s1. The van der Waals surface area contributed by atoms with Gasteiger partial charge in [0, 0.05) is 12.3 Å². The molecule has 0 aromatic carbocycles. The number of nitrogens with one attached hydrogen (secondary N) is 2. The fourth-order valence-electron chi connectivity index (χ4n) is 1.70. The first-order chi connectivity index (χ1) is 9.99. The van der Waals surface area contributed by atoms with Gasteiger partial charge >= 0.3 is 0 Å². The molecule has 0 unspecified atom stereocenters. The van der Waals surface area contributed by atoms with Crippen LogP contribution in [-0.2, 0) is 9.59 Å². The Labute approximate surface area is 121 Å². The summed E-state index contributed by atoms with van der Waals surface area (Å²) in [6.45, 7) is 3.54. The molecule has 0 saturated heterocycles. The number of amides is 2.